The van der Waals surface area contributed by atoms with Crippen LogP contribution in [0.3, 0.4) is 0 Å². The van der Waals surface area contributed by atoms with Crippen LogP contribution in [0, 0.1) is 0 Å². The van der Waals surface area contributed by atoms with E-state index in [0.717, 1.165) is 10.0 Å². The molecule has 0 radical (unpaired) electrons. The number of primary amides is 1. The smallest absolute Gasteiger partial charge is 0.250 e. The minimum atomic E-state index is -0.496. The first-order chi connectivity index (χ1) is 9.08. The number of nitrogens with two attached hydrogens (primary N) is 2. The van der Waals surface area contributed by atoms with Crippen molar-refractivity contribution in [2.75, 3.05) is 11.1 Å². The van der Waals surface area contributed by atoms with E-state index in [9.17, 15) is 4.79 Å². The number of hydrogen-bond acceptors (Lipinski definition) is 3. The van der Waals surface area contributed by atoms with Crippen LogP contribution < -0.4 is 16.8 Å². The van der Waals surface area contributed by atoms with E-state index in [1.807, 2.05) is 24.3 Å². The maximum atomic E-state index is 11.4. The molecule has 4 nitrogen and oxygen atoms in total. The van der Waals surface area contributed by atoms with Gasteiger partial charge in [-0.2, -0.15) is 0 Å². The molecule has 0 bridgehead atoms. The highest BCUT2D eigenvalue weighted by atomic mass is 79.9. The zero-order chi connectivity index (χ0) is 13.8. The summed E-state index contributed by atoms with van der Waals surface area (Å²) in [7, 11) is 0. The number of nitrogen functional groups attached to an aromatic ring is 1. The summed E-state index contributed by atoms with van der Waals surface area (Å²) in [6, 6.07) is 13.0. The van der Waals surface area contributed by atoms with E-state index >= 15 is 0 Å². The zero-order valence-corrected chi connectivity index (χ0v) is 11.8. The largest absolute Gasteiger partial charge is 0.397 e. The lowest BCUT2D eigenvalue weighted by molar-refractivity contribution is 0.100. The Kier molecular flexibility index (Phi) is 4.06. The molecule has 5 heteroatoms. The number of nitrogens with one attached hydrogen (secondary N) is 1. The van der Waals surface area contributed by atoms with Crippen molar-refractivity contribution in [1.29, 1.82) is 0 Å². The molecule has 2 aromatic carbocycles. The minimum Gasteiger partial charge on any atom is -0.397 e. The topological polar surface area (TPSA) is 81.1 Å². The predicted octanol–water partition coefficient (Wildman–Crippen LogP) is 2.74. The summed E-state index contributed by atoms with van der Waals surface area (Å²) in [5.74, 6) is -0.496. The molecule has 1 amide bonds. The van der Waals surface area contributed by atoms with Gasteiger partial charge in [0.1, 0.15) is 0 Å². The van der Waals surface area contributed by atoms with Gasteiger partial charge in [0.05, 0.1) is 16.9 Å². The number of para-hydroxylation sites is 1. The standard InChI is InChI=1S/C14H14BrN3O/c15-10-4-1-3-9(7-10)8-18-13-11(14(17)19)5-2-6-12(13)16/h1-7,18H,8,16H2,(H2,17,19). The lowest BCUT2D eigenvalue weighted by Crippen LogP contribution is -2.15. The maximum Gasteiger partial charge on any atom is 0.250 e. The number of carbonyl (C=O) groups is 1. The first kappa shape index (κ1) is 13.4. The molecule has 0 aromatic heterocycles. The molecule has 0 fully saturated rings. The second kappa shape index (κ2) is 5.75. The molecule has 0 aliphatic heterocycles. The predicted molar refractivity (Wildman–Crippen MR) is 80.8 cm³/mol. The van der Waals surface area contributed by atoms with Crippen molar-refractivity contribution < 1.29 is 4.79 Å². The number of anilines is 2. The van der Waals surface area contributed by atoms with Gasteiger partial charge in [0.15, 0.2) is 0 Å². The Morgan fingerprint density at radius 3 is 2.63 bits per heavy atom. The lowest BCUT2D eigenvalue weighted by Gasteiger charge is -2.13. The number of benzene rings is 2. The van der Waals surface area contributed by atoms with Gasteiger partial charge in [-0.1, -0.05) is 34.1 Å². The van der Waals surface area contributed by atoms with E-state index in [2.05, 4.69) is 21.2 Å². The van der Waals surface area contributed by atoms with Gasteiger partial charge in [-0.25, -0.2) is 0 Å². The summed E-state index contributed by atoms with van der Waals surface area (Å²) < 4.78 is 1.00. The van der Waals surface area contributed by atoms with Crippen molar-refractivity contribution in [1.82, 2.24) is 0 Å². The van der Waals surface area contributed by atoms with Gasteiger partial charge >= 0.3 is 0 Å². The zero-order valence-electron chi connectivity index (χ0n) is 10.2. The second-order valence-corrected chi connectivity index (χ2v) is 5.03. The summed E-state index contributed by atoms with van der Waals surface area (Å²) in [6.45, 7) is 0.563. The van der Waals surface area contributed by atoms with Crippen LogP contribution in [-0.2, 0) is 6.54 Å². The Bertz CT molecular complexity index is 613. The molecule has 0 aliphatic rings. The maximum absolute atomic E-state index is 11.4. The summed E-state index contributed by atoms with van der Waals surface area (Å²) in [5, 5.41) is 3.16. The molecule has 0 unspecified atom stereocenters. The first-order valence-corrected chi connectivity index (χ1v) is 6.54. The van der Waals surface area contributed by atoms with E-state index < -0.39 is 5.91 Å². The number of rotatable bonds is 4. The summed E-state index contributed by atoms with van der Waals surface area (Å²) in [4.78, 5) is 11.4. The Labute approximate surface area is 119 Å². The van der Waals surface area contributed by atoms with E-state index in [1.165, 1.54) is 0 Å². The van der Waals surface area contributed by atoms with Gasteiger partial charge in [-0.05, 0) is 29.8 Å². The van der Waals surface area contributed by atoms with Crippen molar-refractivity contribution in [2.45, 2.75) is 6.54 Å². The molecular weight excluding hydrogens is 306 g/mol. The first-order valence-electron chi connectivity index (χ1n) is 5.74. The Morgan fingerprint density at radius 2 is 1.95 bits per heavy atom. The highest BCUT2D eigenvalue weighted by molar-refractivity contribution is 9.10. The molecular formula is C14H14BrN3O. The Balaban J connectivity index is 2.22. The van der Waals surface area contributed by atoms with E-state index in [0.29, 0.717) is 23.5 Å². The third kappa shape index (κ3) is 3.26. The van der Waals surface area contributed by atoms with E-state index in [1.54, 1.807) is 18.2 Å². The van der Waals surface area contributed by atoms with Crippen LogP contribution in [0.4, 0.5) is 11.4 Å². The molecule has 5 N–H and O–H groups in total. The lowest BCUT2D eigenvalue weighted by atomic mass is 10.1. The van der Waals surface area contributed by atoms with Crippen molar-refractivity contribution in [2.24, 2.45) is 5.73 Å². The quantitative estimate of drug-likeness (QED) is 0.758. The fraction of sp³-hybridized carbons (Fsp3) is 0.0714. The van der Waals surface area contributed by atoms with Crippen molar-refractivity contribution in [3.05, 3.63) is 58.1 Å². The Morgan fingerprint density at radius 1 is 1.21 bits per heavy atom. The third-order valence-corrected chi connectivity index (χ3v) is 3.21. The molecule has 0 heterocycles. The molecule has 0 saturated carbocycles. The monoisotopic (exact) mass is 319 g/mol. The van der Waals surface area contributed by atoms with Crippen LogP contribution in [-0.4, -0.2) is 5.91 Å². The van der Waals surface area contributed by atoms with Gasteiger partial charge in [0.25, 0.3) is 5.91 Å². The van der Waals surface area contributed by atoms with E-state index in [4.69, 9.17) is 11.5 Å². The molecule has 2 aromatic rings. The summed E-state index contributed by atoms with van der Waals surface area (Å²) in [5.41, 5.74) is 13.8. The molecule has 19 heavy (non-hydrogen) atoms. The van der Waals surface area contributed by atoms with Crippen molar-refractivity contribution >= 4 is 33.2 Å². The molecule has 0 saturated heterocycles. The average Bonchev–Trinajstić information content (AvgIpc) is 2.37. The van der Waals surface area contributed by atoms with Crippen LogP contribution in [0.1, 0.15) is 15.9 Å². The van der Waals surface area contributed by atoms with Crippen molar-refractivity contribution in [3.63, 3.8) is 0 Å². The molecule has 2 rings (SSSR count). The van der Waals surface area contributed by atoms with Crippen LogP contribution in [0.25, 0.3) is 0 Å². The number of halogens is 1. The van der Waals surface area contributed by atoms with Crippen LogP contribution in [0.5, 0.6) is 0 Å². The van der Waals surface area contributed by atoms with Gasteiger partial charge in [-0.15, -0.1) is 0 Å². The van der Waals surface area contributed by atoms with Crippen molar-refractivity contribution in [3.8, 4) is 0 Å². The summed E-state index contributed by atoms with van der Waals surface area (Å²) >= 11 is 3.41. The molecule has 0 spiro atoms. The fourth-order valence-corrected chi connectivity index (χ4v) is 2.26. The molecule has 0 aliphatic carbocycles. The normalized spacial score (nSPS) is 10.2. The minimum absolute atomic E-state index is 0.398. The Hall–Kier alpha value is -2.01. The van der Waals surface area contributed by atoms with E-state index in [-0.39, 0.29) is 0 Å². The third-order valence-electron chi connectivity index (χ3n) is 2.72. The van der Waals surface area contributed by atoms with Gasteiger partial charge < -0.3 is 16.8 Å². The number of carbonyl (C=O) groups excluding carboxylic acids is 1. The summed E-state index contributed by atoms with van der Waals surface area (Å²) in [6.07, 6.45) is 0. The average molecular weight is 320 g/mol. The van der Waals surface area contributed by atoms with Gasteiger partial charge in [0.2, 0.25) is 0 Å². The number of amides is 1. The number of hydrogen-bond donors (Lipinski definition) is 3. The van der Waals surface area contributed by atoms with Gasteiger partial charge in [-0.3, -0.25) is 4.79 Å². The van der Waals surface area contributed by atoms with Gasteiger partial charge in [0, 0.05) is 11.0 Å². The molecule has 98 valence electrons. The van der Waals surface area contributed by atoms with Crippen LogP contribution in [0.2, 0.25) is 0 Å². The fourth-order valence-electron chi connectivity index (χ4n) is 1.81. The SMILES string of the molecule is NC(=O)c1cccc(N)c1NCc1cccc(Br)c1. The van der Waals surface area contributed by atoms with Crippen LogP contribution >= 0.6 is 15.9 Å². The highest BCUT2D eigenvalue weighted by Gasteiger charge is 2.10. The van der Waals surface area contributed by atoms with Crippen LogP contribution in [0.15, 0.2) is 46.9 Å². The highest BCUT2D eigenvalue weighted by Crippen LogP contribution is 2.24. The molecule has 0 atom stereocenters. The second-order valence-electron chi connectivity index (χ2n) is 4.12.